The Morgan fingerprint density at radius 1 is 1.28 bits per heavy atom. The molecule has 2 N–H and O–H groups in total. The molecule has 2 heterocycles. The molecule has 0 radical (unpaired) electrons. The lowest BCUT2D eigenvalue weighted by molar-refractivity contribution is -0.127. The Labute approximate surface area is 169 Å². The molecule has 29 heavy (non-hydrogen) atoms. The van der Waals surface area contributed by atoms with E-state index in [4.69, 9.17) is 9.47 Å². The van der Waals surface area contributed by atoms with Gasteiger partial charge in [-0.2, -0.15) is 0 Å². The third-order valence-electron chi connectivity index (χ3n) is 4.40. The number of carbonyl (C=O) groups excluding carboxylic acids is 1. The molecule has 1 saturated heterocycles. The molecule has 0 bridgehead atoms. The summed E-state index contributed by atoms with van der Waals surface area (Å²) < 4.78 is 24.4. The molecule has 1 aliphatic rings. The van der Waals surface area contributed by atoms with E-state index in [2.05, 4.69) is 25.5 Å². The smallest absolute Gasteiger partial charge is 0.260 e. The quantitative estimate of drug-likeness (QED) is 0.649. The number of hydrogen-bond donors (Lipinski definition) is 2. The fourth-order valence-corrected chi connectivity index (χ4v) is 2.90. The van der Waals surface area contributed by atoms with Crippen molar-refractivity contribution in [2.75, 3.05) is 49.6 Å². The molecular weight excluding hydrogens is 377 g/mol. The lowest BCUT2D eigenvalue weighted by atomic mass is 10.3. The van der Waals surface area contributed by atoms with Crippen molar-refractivity contribution < 1.29 is 18.7 Å². The average molecular weight is 403 g/mol. The summed E-state index contributed by atoms with van der Waals surface area (Å²) in [4.78, 5) is 23.2. The fraction of sp³-hybridized carbons (Fsp3) is 0.450. The lowest BCUT2D eigenvalue weighted by Crippen LogP contribution is -2.39. The first-order valence-corrected chi connectivity index (χ1v) is 9.64. The second-order valence-corrected chi connectivity index (χ2v) is 6.67. The van der Waals surface area contributed by atoms with Gasteiger partial charge in [0.15, 0.2) is 17.7 Å². The van der Waals surface area contributed by atoms with Crippen LogP contribution in [0.2, 0.25) is 0 Å². The number of anilines is 2. The highest BCUT2D eigenvalue weighted by molar-refractivity contribution is 5.80. The zero-order valence-electron chi connectivity index (χ0n) is 16.7. The first kappa shape index (κ1) is 20.8. The van der Waals surface area contributed by atoms with Gasteiger partial charge in [-0.3, -0.25) is 4.79 Å². The Morgan fingerprint density at radius 2 is 2.03 bits per heavy atom. The Morgan fingerprint density at radius 3 is 2.79 bits per heavy atom. The van der Waals surface area contributed by atoms with E-state index in [0.29, 0.717) is 37.9 Å². The average Bonchev–Trinajstić information content (AvgIpc) is 2.73. The number of aromatic nitrogens is 2. The van der Waals surface area contributed by atoms with E-state index in [1.807, 2.05) is 13.0 Å². The van der Waals surface area contributed by atoms with Crippen LogP contribution >= 0.6 is 0 Å². The molecule has 0 spiro atoms. The van der Waals surface area contributed by atoms with Gasteiger partial charge in [-0.1, -0.05) is 12.1 Å². The van der Waals surface area contributed by atoms with Crippen molar-refractivity contribution in [1.82, 2.24) is 15.3 Å². The molecule has 1 atom stereocenters. The van der Waals surface area contributed by atoms with Gasteiger partial charge in [0.25, 0.3) is 5.91 Å². The molecule has 2 aromatic rings. The SMILES string of the molecule is Cc1nc(NCCNC(=O)C(C)Oc2ccccc2F)cc(N2CCOCC2)n1. The Balaban J connectivity index is 1.45. The number of hydrogen-bond acceptors (Lipinski definition) is 7. The molecule has 0 saturated carbocycles. The third kappa shape index (κ3) is 6.02. The number of para-hydroxylation sites is 1. The molecule has 1 aromatic heterocycles. The van der Waals surface area contributed by atoms with Crippen molar-refractivity contribution >= 4 is 17.5 Å². The summed E-state index contributed by atoms with van der Waals surface area (Å²) in [6.07, 6.45) is -0.805. The van der Waals surface area contributed by atoms with Gasteiger partial charge in [-0.05, 0) is 26.0 Å². The van der Waals surface area contributed by atoms with Gasteiger partial charge in [0.05, 0.1) is 13.2 Å². The number of morpholine rings is 1. The summed E-state index contributed by atoms with van der Waals surface area (Å²) in [5, 5.41) is 5.96. The molecule has 1 fully saturated rings. The van der Waals surface area contributed by atoms with E-state index >= 15 is 0 Å². The summed E-state index contributed by atoms with van der Waals surface area (Å²) in [7, 11) is 0. The van der Waals surface area contributed by atoms with Crippen molar-refractivity contribution in [1.29, 1.82) is 0 Å². The molecule has 1 aliphatic heterocycles. The molecule has 3 rings (SSSR count). The standard InChI is InChI=1S/C20H26FN5O3/c1-14(29-17-6-4-3-5-16(17)21)20(27)23-8-7-22-18-13-19(25-15(2)24-18)26-9-11-28-12-10-26/h3-6,13-14H,7-12H2,1-2H3,(H,23,27)(H,22,24,25). The van der Waals surface area contributed by atoms with Gasteiger partial charge in [0.1, 0.15) is 17.5 Å². The summed E-state index contributed by atoms with van der Waals surface area (Å²) in [5.41, 5.74) is 0. The molecule has 0 aliphatic carbocycles. The van der Waals surface area contributed by atoms with Crippen molar-refractivity contribution in [3.63, 3.8) is 0 Å². The van der Waals surface area contributed by atoms with Crippen molar-refractivity contribution in [3.8, 4) is 5.75 Å². The van der Waals surface area contributed by atoms with E-state index in [1.54, 1.807) is 19.1 Å². The third-order valence-corrected chi connectivity index (χ3v) is 4.40. The van der Waals surface area contributed by atoms with E-state index in [0.717, 1.165) is 18.9 Å². The zero-order chi connectivity index (χ0) is 20.6. The number of halogens is 1. The van der Waals surface area contributed by atoms with Gasteiger partial charge in [-0.15, -0.1) is 0 Å². The summed E-state index contributed by atoms with van der Waals surface area (Å²) >= 11 is 0. The largest absolute Gasteiger partial charge is 0.478 e. The van der Waals surface area contributed by atoms with Crippen LogP contribution in [-0.2, 0) is 9.53 Å². The minimum atomic E-state index is -0.805. The maximum atomic E-state index is 13.6. The topological polar surface area (TPSA) is 88.6 Å². The van der Waals surface area contributed by atoms with Gasteiger partial charge >= 0.3 is 0 Å². The number of carbonyl (C=O) groups is 1. The summed E-state index contributed by atoms with van der Waals surface area (Å²) in [6.45, 7) is 7.25. The molecule has 156 valence electrons. The number of rotatable bonds is 8. The van der Waals surface area contributed by atoms with Gasteiger partial charge in [0, 0.05) is 32.2 Å². The van der Waals surface area contributed by atoms with Crippen LogP contribution in [0.25, 0.3) is 0 Å². The predicted molar refractivity (Wildman–Crippen MR) is 108 cm³/mol. The fourth-order valence-electron chi connectivity index (χ4n) is 2.90. The first-order valence-electron chi connectivity index (χ1n) is 9.64. The maximum absolute atomic E-state index is 13.6. The summed E-state index contributed by atoms with van der Waals surface area (Å²) in [6, 6.07) is 7.90. The second-order valence-electron chi connectivity index (χ2n) is 6.67. The number of nitrogens with zero attached hydrogens (tertiary/aromatic N) is 3. The molecular formula is C20H26FN5O3. The highest BCUT2D eigenvalue weighted by Crippen LogP contribution is 2.18. The van der Waals surface area contributed by atoms with Crippen LogP contribution in [0.3, 0.4) is 0 Å². The van der Waals surface area contributed by atoms with E-state index < -0.39 is 11.9 Å². The number of benzene rings is 1. The molecule has 1 aromatic carbocycles. The van der Waals surface area contributed by atoms with Crippen LogP contribution in [0, 0.1) is 12.7 Å². The number of nitrogens with one attached hydrogen (secondary N) is 2. The highest BCUT2D eigenvalue weighted by Gasteiger charge is 2.16. The number of amides is 1. The van der Waals surface area contributed by atoms with Crippen molar-refractivity contribution in [3.05, 3.63) is 42.0 Å². The molecule has 9 heteroatoms. The molecule has 8 nitrogen and oxygen atoms in total. The lowest BCUT2D eigenvalue weighted by Gasteiger charge is -2.28. The zero-order valence-corrected chi connectivity index (χ0v) is 16.7. The summed E-state index contributed by atoms with van der Waals surface area (Å²) in [5.74, 6) is 1.47. The van der Waals surface area contributed by atoms with E-state index in [9.17, 15) is 9.18 Å². The number of aryl methyl sites for hydroxylation is 1. The maximum Gasteiger partial charge on any atom is 0.260 e. The van der Waals surface area contributed by atoms with Crippen LogP contribution in [0.5, 0.6) is 5.75 Å². The van der Waals surface area contributed by atoms with E-state index in [-0.39, 0.29) is 11.7 Å². The molecule has 1 amide bonds. The van der Waals surface area contributed by atoms with Crippen LogP contribution in [-0.4, -0.2) is 61.4 Å². The first-order chi connectivity index (χ1) is 14.0. The Bertz CT molecular complexity index is 830. The van der Waals surface area contributed by atoms with Crippen LogP contribution < -0.4 is 20.3 Å². The predicted octanol–water partition coefficient (Wildman–Crippen LogP) is 1.76. The van der Waals surface area contributed by atoms with Crippen LogP contribution in [0.15, 0.2) is 30.3 Å². The number of ether oxygens (including phenoxy) is 2. The van der Waals surface area contributed by atoms with Gasteiger partial charge in [0.2, 0.25) is 0 Å². The monoisotopic (exact) mass is 403 g/mol. The van der Waals surface area contributed by atoms with Gasteiger partial charge in [-0.25, -0.2) is 14.4 Å². The van der Waals surface area contributed by atoms with Crippen molar-refractivity contribution in [2.45, 2.75) is 20.0 Å². The van der Waals surface area contributed by atoms with Gasteiger partial charge < -0.3 is 25.0 Å². The molecule has 1 unspecified atom stereocenters. The van der Waals surface area contributed by atoms with Crippen molar-refractivity contribution in [2.24, 2.45) is 0 Å². The Hall–Kier alpha value is -2.94. The minimum absolute atomic E-state index is 0.0559. The minimum Gasteiger partial charge on any atom is -0.478 e. The van der Waals surface area contributed by atoms with E-state index in [1.165, 1.54) is 12.1 Å². The Kier molecular flexibility index (Phi) is 7.18. The van der Waals surface area contributed by atoms with Crippen LogP contribution in [0.4, 0.5) is 16.0 Å². The normalized spacial score (nSPS) is 14.9. The second kappa shape index (κ2) is 10.0. The van der Waals surface area contributed by atoms with Crippen LogP contribution in [0.1, 0.15) is 12.7 Å². The highest BCUT2D eigenvalue weighted by atomic mass is 19.1.